The van der Waals surface area contributed by atoms with Crippen LogP contribution in [0.2, 0.25) is 0 Å². The summed E-state index contributed by atoms with van der Waals surface area (Å²) in [6, 6.07) is 68.9. The summed E-state index contributed by atoms with van der Waals surface area (Å²) in [7, 11) is 0. The highest BCUT2D eigenvalue weighted by molar-refractivity contribution is 5.95. The van der Waals surface area contributed by atoms with Crippen LogP contribution in [0.25, 0.3) is 77.1 Å². The minimum absolute atomic E-state index is 0.624. The Kier molecular flexibility index (Phi) is 7.14. The third-order valence-electron chi connectivity index (χ3n) is 10.0. The molecule has 0 spiro atoms. The molecule has 0 aliphatic rings. The molecule has 10 aromatic rings. The van der Waals surface area contributed by atoms with Gasteiger partial charge in [-0.1, -0.05) is 133 Å². The molecule has 0 bridgehead atoms. The Balaban J connectivity index is 1.05. The van der Waals surface area contributed by atoms with E-state index in [1.54, 1.807) is 0 Å². The maximum absolute atomic E-state index is 6.51. The summed E-state index contributed by atoms with van der Waals surface area (Å²) in [5.41, 5.74) is 10.3. The lowest BCUT2D eigenvalue weighted by Gasteiger charge is -2.26. The molecule has 0 atom stereocenters. The van der Waals surface area contributed by atoms with Gasteiger partial charge in [-0.25, -0.2) is 4.98 Å². The maximum atomic E-state index is 6.51. The summed E-state index contributed by atoms with van der Waals surface area (Å²) >= 11 is 0. The van der Waals surface area contributed by atoms with Crippen LogP contribution in [-0.4, -0.2) is 4.98 Å². The average molecular weight is 665 g/mol. The monoisotopic (exact) mass is 664 g/mol. The molecule has 244 valence electrons. The van der Waals surface area contributed by atoms with E-state index in [1.807, 2.05) is 6.07 Å². The van der Waals surface area contributed by atoms with E-state index < -0.39 is 0 Å². The summed E-state index contributed by atoms with van der Waals surface area (Å²) in [6.07, 6.45) is 0. The fraction of sp³-hybridized carbons (Fsp3) is 0. The third kappa shape index (κ3) is 5.37. The zero-order valence-corrected chi connectivity index (χ0v) is 28.3. The topological polar surface area (TPSA) is 29.3 Å². The molecule has 3 nitrogen and oxygen atoms in total. The Bertz CT molecular complexity index is 2920. The number of oxazole rings is 1. The number of anilines is 3. The molecule has 0 N–H and O–H groups in total. The van der Waals surface area contributed by atoms with E-state index in [0.717, 1.165) is 50.2 Å². The van der Waals surface area contributed by atoms with Crippen molar-refractivity contribution >= 4 is 60.5 Å². The van der Waals surface area contributed by atoms with Crippen molar-refractivity contribution in [2.24, 2.45) is 0 Å². The maximum Gasteiger partial charge on any atom is 0.227 e. The number of benzene rings is 9. The normalized spacial score (nSPS) is 11.5. The fourth-order valence-electron chi connectivity index (χ4n) is 7.37. The smallest absolute Gasteiger partial charge is 0.227 e. The first-order valence-electron chi connectivity index (χ1n) is 17.6. The van der Waals surface area contributed by atoms with Crippen LogP contribution < -0.4 is 4.90 Å². The van der Waals surface area contributed by atoms with Gasteiger partial charge in [0.25, 0.3) is 0 Å². The Morgan fingerprint density at radius 3 is 1.58 bits per heavy atom. The van der Waals surface area contributed by atoms with Crippen molar-refractivity contribution < 1.29 is 4.42 Å². The third-order valence-corrected chi connectivity index (χ3v) is 10.0. The largest absolute Gasteiger partial charge is 0.435 e. The molecule has 0 unspecified atom stereocenters. The molecule has 3 heteroatoms. The predicted octanol–water partition coefficient (Wildman–Crippen LogP) is 13.8. The SMILES string of the molecule is c1cc(-c2ccc3ccccc3c2)cc(N(c2ccc(-c3cccc4nc(-c5ccc6ccccc6c5)oc34)cc2)c2ccc3ccccc3c2)c1. The van der Waals surface area contributed by atoms with E-state index in [4.69, 9.17) is 9.40 Å². The summed E-state index contributed by atoms with van der Waals surface area (Å²) < 4.78 is 6.51. The molecule has 0 saturated heterocycles. The molecule has 1 heterocycles. The van der Waals surface area contributed by atoms with Crippen LogP contribution in [0.1, 0.15) is 0 Å². The van der Waals surface area contributed by atoms with E-state index in [9.17, 15) is 0 Å². The molecule has 9 aromatic carbocycles. The second-order valence-corrected chi connectivity index (χ2v) is 13.3. The number of hydrogen-bond acceptors (Lipinski definition) is 3. The highest BCUT2D eigenvalue weighted by Crippen LogP contribution is 2.40. The van der Waals surface area contributed by atoms with Crippen LogP contribution in [0.3, 0.4) is 0 Å². The van der Waals surface area contributed by atoms with E-state index in [2.05, 4.69) is 193 Å². The lowest BCUT2D eigenvalue weighted by atomic mass is 10.00. The molecular formula is C49H32N2O. The Hall–Kier alpha value is -6.97. The van der Waals surface area contributed by atoms with E-state index in [-0.39, 0.29) is 0 Å². The van der Waals surface area contributed by atoms with Gasteiger partial charge in [0.2, 0.25) is 5.89 Å². The van der Waals surface area contributed by atoms with Crippen LogP contribution in [0.4, 0.5) is 17.1 Å². The summed E-state index contributed by atoms with van der Waals surface area (Å²) in [5, 5.41) is 7.25. The van der Waals surface area contributed by atoms with Gasteiger partial charge in [0.1, 0.15) is 5.52 Å². The van der Waals surface area contributed by atoms with Crippen molar-refractivity contribution in [3.8, 4) is 33.7 Å². The van der Waals surface area contributed by atoms with Crippen LogP contribution in [0, 0.1) is 0 Å². The highest BCUT2D eigenvalue weighted by Gasteiger charge is 2.17. The Labute approximate surface area is 301 Å². The van der Waals surface area contributed by atoms with Gasteiger partial charge in [-0.15, -0.1) is 0 Å². The summed E-state index contributed by atoms with van der Waals surface area (Å²) in [5.74, 6) is 0.624. The predicted molar refractivity (Wildman–Crippen MR) is 218 cm³/mol. The number of nitrogens with zero attached hydrogens (tertiary/aromatic N) is 2. The van der Waals surface area contributed by atoms with Crippen molar-refractivity contribution in [2.75, 3.05) is 4.90 Å². The Morgan fingerprint density at radius 2 is 0.865 bits per heavy atom. The van der Waals surface area contributed by atoms with Gasteiger partial charge < -0.3 is 9.32 Å². The minimum Gasteiger partial charge on any atom is -0.435 e. The van der Waals surface area contributed by atoms with Crippen LogP contribution in [0.5, 0.6) is 0 Å². The van der Waals surface area contributed by atoms with Crippen molar-refractivity contribution in [1.29, 1.82) is 0 Å². The highest BCUT2D eigenvalue weighted by atomic mass is 16.3. The number of fused-ring (bicyclic) bond motifs is 4. The number of hydrogen-bond donors (Lipinski definition) is 0. The first-order chi connectivity index (χ1) is 25.7. The van der Waals surface area contributed by atoms with Gasteiger partial charge in [-0.3, -0.25) is 0 Å². The van der Waals surface area contributed by atoms with E-state index in [0.29, 0.717) is 5.89 Å². The van der Waals surface area contributed by atoms with Crippen LogP contribution >= 0.6 is 0 Å². The molecule has 0 saturated carbocycles. The molecule has 0 radical (unpaired) electrons. The minimum atomic E-state index is 0.624. The first kappa shape index (κ1) is 29.9. The molecule has 0 amide bonds. The quantitative estimate of drug-likeness (QED) is 0.177. The summed E-state index contributed by atoms with van der Waals surface area (Å²) in [6.45, 7) is 0. The van der Waals surface area contributed by atoms with Gasteiger partial charge in [0.05, 0.1) is 0 Å². The Morgan fingerprint density at radius 1 is 0.346 bits per heavy atom. The van der Waals surface area contributed by atoms with Crippen molar-refractivity contribution in [2.45, 2.75) is 0 Å². The second-order valence-electron chi connectivity index (χ2n) is 13.3. The zero-order chi connectivity index (χ0) is 34.4. The number of para-hydroxylation sites is 1. The van der Waals surface area contributed by atoms with Gasteiger partial charge in [-0.05, 0) is 110 Å². The van der Waals surface area contributed by atoms with Gasteiger partial charge in [-0.2, -0.15) is 0 Å². The van der Waals surface area contributed by atoms with E-state index >= 15 is 0 Å². The average Bonchev–Trinajstić information content (AvgIpc) is 3.66. The number of aromatic nitrogens is 1. The lowest BCUT2D eigenvalue weighted by Crippen LogP contribution is -2.10. The molecule has 0 aliphatic heterocycles. The molecule has 0 aliphatic carbocycles. The molecular weight excluding hydrogens is 633 g/mol. The zero-order valence-electron chi connectivity index (χ0n) is 28.3. The second kappa shape index (κ2) is 12.4. The van der Waals surface area contributed by atoms with Crippen molar-refractivity contribution in [3.05, 3.63) is 194 Å². The van der Waals surface area contributed by atoms with Gasteiger partial charge in [0, 0.05) is 28.2 Å². The van der Waals surface area contributed by atoms with Gasteiger partial charge >= 0.3 is 0 Å². The lowest BCUT2D eigenvalue weighted by molar-refractivity contribution is 0.621. The standard InChI is InChI=1S/C49H32N2O/c1-4-12-37-29-41(21-19-33(37)9-1)40-15-7-16-44(32-40)51(45-28-23-35-11-3-6-14-39(35)31-45)43-26-24-36(25-27-43)46-17-8-18-47-48(46)52-49(50-47)42-22-20-34-10-2-5-13-38(34)30-42/h1-32H. The van der Waals surface area contributed by atoms with E-state index in [1.165, 1.54) is 38.1 Å². The van der Waals surface area contributed by atoms with Gasteiger partial charge in [0.15, 0.2) is 5.58 Å². The van der Waals surface area contributed by atoms with Crippen molar-refractivity contribution in [3.63, 3.8) is 0 Å². The fourth-order valence-corrected chi connectivity index (χ4v) is 7.37. The molecule has 0 fully saturated rings. The van der Waals surface area contributed by atoms with Crippen molar-refractivity contribution in [1.82, 2.24) is 4.98 Å². The first-order valence-corrected chi connectivity index (χ1v) is 17.6. The number of rotatable bonds is 6. The molecule has 52 heavy (non-hydrogen) atoms. The molecule has 10 rings (SSSR count). The van der Waals surface area contributed by atoms with Crippen LogP contribution in [0.15, 0.2) is 199 Å². The van der Waals surface area contributed by atoms with Crippen LogP contribution in [-0.2, 0) is 0 Å². The molecule has 1 aromatic heterocycles. The summed E-state index contributed by atoms with van der Waals surface area (Å²) in [4.78, 5) is 7.24.